The van der Waals surface area contributed by atoms with Gasteiger partial charge in [0.1, 0.15) is 11.6 Å². The number of aromatic nitrogens is 3. The molecule has 0 aromatic carbocycles. The van der Waals surface area contributed by atoms with Gasteiger partial charge < -0.3 is 9.88 Å². The highest BCUT2D eigenvalue weighted by Crippen LogP contribution is 2.18. The van der Waals surface area contributed by atoms with Gasteiger partial charge in [-0.2, -0.15) is 0 Å². The summed E-state index contributed by atoms with van der Waals surface area (Å²) >= 11 is 6.17. The molecule has 102 valence electrons. The Morgan fingerprint density at radius 2 is 2.16 bits per heavy atom. The van der Waals surface area contributed by atoms with E-state index in [0.29, 0.717) is 11.6 Å². The summed E-state index contributed by atoms with van der Waals surface area (Å²) in [5, 5.41) is 3.70. The van der Waals surface area contributed by atoms with Gasteiger partial charge in [0.25, 0.3) is 0 Å². The molecule has 0 saturated carbocycles. The lowest BCUT2D eigenvalue weighted by molar-refractivity contribution is 0.303. The number of rotatable bonds is 5. The number of anilines is 1. The first-order chi connectivity index (χ1) is 9.10. The Morgan fingerprint density at radius 1 is 1.37 bits per heavy atom. The molecule has 0 aliphatic rings. The summed E-state index contributed by atoms with van der Waals surface area (Å²) in [5.41, 5.74) is 0.866. The molecular weight excluding hydrogens is 262 g/mol. The van der Waals surface area contributed by atoms with E-state index in [2.05, 4.69) is 20.2 Å². The summed E-state index contributed by atoms with van der Waals surface area (Å²) in [6.45, 7) is 1.44. The van der Waals surface area contributed by atoms with Gasteiger partial charge in [-0.3, -0.25) is 4.90 Å². The molecule has 0 aliphatic heterocycles. The van der Waals surface area contributed by atoms with Crippen LogP contribution in [0.5, 0.6) is 0 Å². The maximum Gasteiger partial charge on any atom is 0.126 e. The summed E-state index contributed by atoms with van der Waals surface area (Å²) < 4.78 is 2.01. The molecule has 5 nitrogen and oxygen atoms in total. The smallest absolute Gasteiger partial charge is 0.126 e. The van der Waals surface area contributed by atoms with E-state index in [1.807, 2.05) is 44.0 Å². The van der Waals surface area contributed by atoms with Gasteiger partial charge in [-0.15, -0.1) is 0 Å². The molecule has 6 heteroatoms. The molecule has 2 aromatic heterocycles. The first-order valence-electron chi connectivity index (χ1n) is 6.08. The molecule has 0 atom stereocenters. The van der Waals surface area contributed by atoms with Crippen molar-refractivity contribution in [3.8, 4) is 0 Å². The maximum atomic E-state index is 6.17. The van der Waals surface area contributed by atoms with Crippen molar-refractivity contribution in [2.45, 2.75) is 13.1 Å². The van der Waals surface area contributed by atoms with Crippen LogP contribution in [0, 0.1) is 0 Å². The Balaban J connectivity index is 2.06. The van der Waals surface area contributed by atoms with Crippen molar-refractivity contribution in [2.75, 3.05) is 19.4 Å². The highest BCUT2D eigenvalue weighted by atomic mass is 35.5. The molecule has 2 aromatic rings. The Morgan fingerprint density at radius 3 is 2.79 bits per heavy atom. The van der Waals surface area contributed by atoms with Crippen molar-refractivity contribution in [3.05, 3.63) is 41.1 Å². The predicted molar refractivity (Wildman–Crippen MR) is 77.2 cm³/mol. The summed E-state index contributed by atoms with van der Waals surface area (Å²) in [7, 11) is 5.86. The maximum absolute atomic E-state index is 6.17. The zero-order chi connectivity index (χ0) is 13.8. The van der Waals surface area contributed by atoms with Gasteiger partial charge in [0.2, 0.25) is 0 Å². The second-order valence-corrected chi connectivity index (χ2v) is 4.91. The van der Waals surface area contributed by atoms with Crippen LogP contribution in [0.3, 0.4) is 0 Å². The number of nitrogens with one attached hydrogen (secondary N) is 1. The zero-order valence-corrected chi connectivity index (χ0v) is 12.1. The van der Waals surface area contributed by atoms with Crippen LogP contribution < -0.4 is 5.32 Å². The monoisotopic (exact) mass is 279 g/mol. The highest BCUT2D eigenvalue weighted by molar-refractivity contribution is 6.31. The number of imidazole rings is 1. The molecule has 19 heavy (non-hydrogen) atoms. The minimum Gasteiger partial charge on any atom is -0.373 e. The summed E-state index contributed by atoms with van der Waals surface area (Å²) in [5.74, 6) is 1.84. The van der Waals surface area contributed by atoms with E-state index in [1.54, 1.807) is 6.20 Å². The van der Waals surface area contributed by atoms with Gasteiger partial charge in [-0.25, -0.2) is 9.97 Å². The Bertz CT molecular complexity index is 552. The van der Waals surface area contributed by atoms with Gasteiger partial charge in [-0.05, 0) is 19.2 Å². The zero-order valence-electron chi connectivity index (χ0n) is 11.4. The minimum atomic E-state index is 0.682. The molecule has 0 radical (unpaired) electrons. The molecule has 2 rings (SSSR count). The molecule has 0 bridgehead atoms. The lowest BCUT2D eigenvalue weighted by atomic mass is 10.3. The third-order valence-electron chi connectivity index (χ3n) is 2.93. The van der Waals surface area contributed by atoms with Crippen LogP contribution in [-0.4, -0.2) is 33.5 Å². The lowest BCUT2D eigenvalue weighted by Crippen LogP contribution is -2.20. The van der Waals surface area contributed by atoms with E-state index in [0.717, 1.165) is 23.9 Å². The third kappa shape index (κ3) is 3.45. The van der Waals surface area contributed by atoms with Gasteiger partial charge in [0.05, 0.1) is 17.3 Å². The standard InChI is InChI=1S/C13H18ClN5/c1-15-12-5-4-10(14)11(17-12)8-18(2)9-13-16-6-7-19(13)3/h4-7H,8-9H2,1-3H3,(H,15,17). The fraction of sp³-hybridized carbons (Fsp3) is 0.385. The Kier molecular flexibility index (Phi) is 4.39. The normalized spacial score (nSPS) is 11.0. The van der Waals surface area contributed by atoms with Crippen molar-refractivity contribution in [3.63, 3.8) is 0 Å². The van der Waals surface area contributed by atoms with Crippen LogP contribution in [0.4, 0.5) is 5.82 Å². The van der Waals surface area contributed by atoms with Crippen molar-refractivity contribution >= 4 is 17.4 Å². The van der Waals surface area contributed by atoms with Crippen LogP contribution in [0.2, 0.25) is 5.02 Å². The molecule has 0 amide bonds. The second kappa shape index (κ2) is 6.04. The number of halogens is 1. The molecular formula is C13H18ClN5. The Labute approximate surface area is 118 Å². The number of pyridine rings is 1. The van der Waals surface area contributed by atoms with Crippen LogP contribution >= 0.6 is 11.6 Å². The van der Waals surface area contributed by atoms with Gasteiger partial charge >= 0.3 is 0 Å². The number of aryl methyl sites for hydroxylation is 1. The minimum absolute atomic E-state index is 0.682. The van der Waals surface area contributed by atoms with Crippen molar-refractivity contribution in [2.24, 2.45) is 7.05 Å². The van der Waals surface area contributed by atoms with Crippen LogP contribution in [0.1, 0.15) is 11.5 Å². The number of nitrogens with zero attached hydrogens (tertiary/aromatic N) is 4. The van der Waals surface area contributed by atoms with E-state index < -0.39 is 0 Å². The molecule has 0 unspecified atom stereocenters. The van der Waals surface area contributed by atoms with E-state index in [4.69, 9.17) is 11.6 Å². The van der Waals surface area contributed by atoms with E-state index >= 15 is 0 Å². The summed E-state index contributed by atoms with van der Waals surface area (Å²) in [6.07, 6.45) is 3.74. The van der Waals surface area contributed by atoms with Crippen molar-refractivity contribution in [1.82, 2.24) is 19.4 Å². The molecule has 2 heterocycles. The average molecular weight is 280 g/mol. The van der Waals surface area contributed by atoms with Crippen LogP contribution in [0.15, 0.2) is 24.5 Å². The van der Waals surface area contributed by atoms with Crippen LogP contribution in [-0.2, 0) is 20.1 Å². The second-order valence-electron chi connectivity index (χ2n) is 4.50. The largest absolute Gasteiger partial charge is 0.373 e. The van der Waals surface area contributed by atoms with Gasteiger partial charge in [0, 0.05) is 33.0 Å². The first kappa shape index (κ1) is 13.8. The predicted octanol–water partition coefficient (Wildman–Crippen LogP) is 2.14. The van der Waals surface area contributed by atoms with E-state index in [9.17, 15) is 0 Å². The average Bonchev–Trinajstić information content (AvgIpc) is 2.78. The molecule has 0 fully saturated rings. The topological polar surface area (TPSA) is 46.0 Å². The third-order valence-corrected chi connectivity index (χ3v) is 3.27. The van der Waals surface area contributed by atoms with E-state index in [1.165, 1.54) is 0 Å². The quantitative estimate of drug-likeness (QED) is 0.911. The highest BCUT2D eigenvalue weighted by Gasteiger charge is 2.09. The number of hydrogen-bond donors (Lipinski definition) is 1. The first-order valence-corrected chi connectivity index (χ1v) is 6.46. The SMILES string of the molecule is CNc1ccc(Cl)c(CN(C)Cc2nccn2C)n1. The molecule has 0 spiro atoms. The van der Waals surface area contributed by atoms with E-state index in [-0.39, 0.29) is 0 Å². The summed E-state index contributed by atoms with van der Waals surface area (Å²) in [4.78, 5) is 10.9. The van der Waals surface area contributed by atoms with Gasteiger partial charge in [0.15, 0.2) is 0 Å². The number of hydrogen-bond acceptors (Lipinski definition) is 4. The molecule has 0 aliphatic carbocycles. The molecule has 1 N–H and O–H groups in total. The molecule has 0 saturated heterocycles. The Hall–Kier alpha value is -1.59. The van der Waals surface area contributed by atoms with Crippen molar-refractivity contribution < 1.29 is 0 Å². The van der Waals surface area contributed by atoms with Gasteiger partial charge in [-0.1, -0.05) is 11.6 Å². The van der Waals surface area contributed by atoms with Crippen molar-refractivity contribution in [1.29, 1.82) is 0 Å². The fourth-order valence-electron chi connectivity index (χ4n) is 1.84. The lowest BCUT2D eigenvalue weighted by Gasteiger charge is -2.17. The fourth-order valence-corrected chi connectivity index (χ4v) is 2.00. The summed E-state index contributed by atoms with van der Waals surface area (Å²) in [6, 6.07) is 3.73. The van der Waals surface area contributed by atoms with Crippen LogP contribution in [0.25, 0.3) is 0 Å².